The van der Waals surface area contributed by atoms with Gasteiger partial charge in [-0.3, -0.25) is 9.59 Å². The molecule has 2 N–H and O–H groups in total. The van der Waals surface area contributed by atoms with Gasteiger partial charge in [-0.15, -0.1) is 0 Å². The molecule has 0 aromatic heterocycles. The normalized spacial score (nSPS) is 14.7. The van der Waals surface area contributed by atoms with E-state index in [1.165, 1.54) is 19.3 Å². The standard InChI is InChI=1S/C20H20Cl2N2O2/c21-15-10-14(11-16(22)12-15)20(26)24-18-8-6-13(7-9-18)19(25)23-17-4-2-1-3-5-17/h6-12,17H,1-5H2,(H,23,25)(H,24,26). The largest absolute Gasteiger partial charge is 0.349 e. The van der Waals surface area contributed by atoms with Crippen LogP contribution in [0.4, 0.5) is 5.69 Å². The molecule has 0 saturated heterocycles. The van der Waals surface area contributed by atoms with E-state index in [1.54, 1.807) is 42.5 Å². The number of anilines is 1. The van der Waals surface area contributed by atoms with Gasteiger partial charge in [0, 0.05) is 32.9 Å². The number of nitrogens with one attached hydrogen (secondary N) is 2. The fourth-order valence-electron chi connectivity index (χ4n) is 3.11. The highest BCUT2D eigenvalue weighted by Gasteiger charge is 2.16. The Morgan fingerprint density at radius 2 is 1.42 bits per heavy atom. The van der Waals surface area contributed by atoms with Gasteiger partial charge in [-0.25, -0.2) is 0 Å². The molecule has 0 spiro atoms. The molecule has 6 heteroatoms. The molecule has 0 radical (unpaired) electrons. The summed E-state index contributed by atoms with van der Waals surface area (Å²) in [6, 6.07) is 11.8. The van der Waals surface area contributed by atoms with Gasteiger partial charge in [0.2, 0.25) is 0 Å². The van der Waals surface area contributed by atoms with Gasteiger partial charge in [-0.1, -0.05) is 42.5 Å². The minimum absolute atomic E-state index is 0.0728. The minimum atomic E-state index is -0.311. The van der Waals surface area contributed by atoms with Gasteiger partial charge in [-0.05, 0) is 55.3 Å². The Labute approximate surface area is 162 Å². The first kappa shape index (κ1) is 18.7. The van der Waals surface area contributed by atoms with E-state index in [0.29, 0.717) is 26.9 Å². The molecule has 2 aromatic carbocycles. The van der Waals surface area contributed by atoms with Crippen molar-refractivity contribution in [3.05, 3.63) is 63.6 Å². The highest BCUT2D eigenvalue weighted by atomic mass is 35.5. The fraction of sp³-hybridized carbons (Fsp3) is 0.300. The molecule has 0 bridgehead atoms. The van der Waals surface area contributed by atoms with Crippen LogP contribution in [0.25, 0.3) is 0 Å². The third-order valence-corrected chi connectivity index (χ3v) is 4.91. The zero-order chi connectivity index (χ0) is 18.5. The van der Waals surface area contributed by atoms with E-state index in [4.69, 9.17) is 23.2 Å². The zero-order valence-electron chi connectivity index (χ0n) is 14.2. The summed E-state index contributed by atoms with van der Waals surface area (Å²) in [6.45, 7) is 0. The number of hydrogen-bond acceptors (Lipinski definition) is 2. The lowest BCUT2D eigenvalue weighted by atomic mass is 9.95. The van der Waals surface area contributed by atoms with Crippen LogP contribution < -0.4 is 10.6 Å². The number of carbonyl (C=O) groups excluding carboxylic acids is 2. The van der Waals surface area contributed by atoms with Crippen LogP contribution in [0.15, 0.2) is 42.5 Å². The summed E-state index contributed by atoms with van der Waals surface area (Å²) in [4.78, 5) is 24.6. The Morgan fingerprint density at radius 3 is 2.04 bits per heavy atom. The average Bonchev–Trinajstić information content (AvgIpc) is 2.62. The van der Waals surface area contributed by atoms with Crippen molar-refractivity contribution in [1.29, 1.82) is 0 Å². The number of amides is 2. The predicted molar refractivity (Wildman–Crippen MR) is 105 cm³/mol. The first-order valence-electron chi connectivity index (χ1n) is 8.69. The molecular weight excluding hydrogens is 371 g/mol. The van der Waals surface area contributed by atoms with E-state index >= 15 is 0 Å². The molecule has 2 amide bonds. The Bertz CT molecular complexity index is 780. The van der Waals surface area contributed by atoms with Crippen molar-refractivity contribution >= 4 is 40.7 Å². The van der Waals surface area contributed by atoms with Crippen molar-refractivity contribution in [2.75, 3.05) is 5.32 Å². The van der Waals surface area contributed by atoms with Gasteiger partial charge in [0.15, 0.2) is 0 Å². The van der Waals surface area contributed by atoms with Crippen LogP contribution in [0.1, 0.15) is 52.8 Å². The quantitative estimate of drug-likeness (QED) is 0.742. The van der Waals surface area contributed by atoms with Gasteiger partial charge in [0.05, 0.1) is 0 Å². The van der Waals surface area contributed by atoms with Crippen molar-refractivity contribution in [3.63, 3.8) is 0 Å². The van der Waals surface area contributed by atoms with Gasteiger partial charge >= 0.3 is 0 Å². The Kier molecular flexibility index (Phi) is 6.17. The molecule has 26 heavy (non-hydrogen) atoms. The first-order chi connectivity index (χ1) is 12.5. The number of rotatable bonds is 4. The molecule has 1 aliphatic carbocycles. The van der Waals surface area contributed by atoms with Crippen LogP contribution in [0.3, 0.4) is 0 Å². The summed E-state index contributed by atoms with van der Waals surface area (Å²) in [6.07, 6.45) is 5.68. The molecule has 0 heterocycles. The molecule has 3 rings (SSSR count). The van der Waals surface area contributed by atoms with Crippen LogP contribution in [-0.2, 0) is 0 Å². The molecule has 136 valence electrons. The second kappa shape index (κ2) is 8.56. The number of carbonyl (C=O) groups is 2. The van der Waals surface area contributed by atoms with Crippen molar-refractivity contribution < 1.29 is 9.59 Å². The molecule has 2 aromatic rings. The van der Waals surface area contributed by atoms with Crippen molar-refractivity contribution in [2.45, 2.75) is 38.1 Å². The maximum Gasteiger partial charge on any atom is 0.255 e. The Balaban J connectivity index is 1.61. The van der Waals surface area contributed by atoms with E-state index in [-0.39, 0.29) is 17.9 Å². The third-order valence-electron chi connectivity index (χ3n) is 4.47. The highest BCUT2D eigenvalue weighted by molar-refractivity contribution is 6.35. The average molecular weight is 391 g/mol. The van der Waals surface area contributed by atoms with E-state index in [0.717, 1.165) is 12.8 Å². The zero-order valence-corrected chi connectivity index (χ0v) is 15.7. The lowest BCUT2D eigenvalue weighted by Crippen LogP contribution is -2.36. The summed E-state index contributed by atoms with van der Waals surface area (Å²) in [5, 5.41) is 6.65. The van der Waals surface area contributed by atoms with Gasteiger partial charge < -0.3 is 10.6 Å². The molecule has 1 fully saturated rings. The lowest BCUT2D eigenvalue weighted by Gasteiger charge is -2.22. The first-order valence-corrected chi connectivity index (χ1v) is 9.45. The summed E-state index contributed by atoms with van der Waals surface area (Å²) in [7, 11) is 0. The lowest BCUT2D eigenvalue weighted by molar-refractivity contribution is 0.0927. The second-order valence-electron chi connectivity index (χ2n) is 6.50. The van der Waals surface area contributed by atoms with E-state index < -0.39 is 0 Å². The van der Waals surface area contributed by atoms with Crippen molar-refractivity contribution in [3.8, 4) is 0 Å². The van der Waals surface area contributed by atoms with Crippen LogP contribution in [0, 0.1) is 0 Å². The van der Waals surface area contributed by atoms with E-state index in [9.17, 15) is 9.59 Å². The highest BCUT2D eigenvalue weighted by Crippen LogP contribution is 2.21. The molecule has 1 aliphatic rings. The Morgan fingerprint density at radius 1 is 0.808 bits per heavy atom. The number of halogens is 2. The van der Waals surface area contributed by atoms with Crippen molar-refractivity contribution in [2.24, 2.45) is 0 Å². The fourth-order valence-corrected chi connectivity index (χ4v) is 3.63. The van der Waals surface area contributed by atoms with Crippen LogP contribution in [0.2, 0.25) is 10.0 Å². The predicted octanol–water partition coefficient (Wildman–Crippen LogP) is 5.31. The van der Waals surface area contributed by atoms with Crippen LogP contribution in [-0.4, -0.2) is 17.9 Å². The van der Waals surface area contributed by atoms with Crippen molar-refractivity contribution in [1.82, 2.24) is 5.32 Å². The smallest absolute Gasteiger partial charge is 0.255 e. The SMILES string of the molecule is O=C(Nc1ccc(C(=O)NC2CCCCC2)cc1)c1cc(Cl)cc(Cl)c1. The van der Waals surface area contributed by atoms with Gasteiger partial charge in [0.25, 0.3) is 11.8 Å². The second-order valence-corrected chi connectivity index (χ2v) is 7.37. The number of benzene rings is 2. The summed E-state index contributed by atoms with van der Waals surface area (Å²) in [5.41, 5.74) is 1.56. The maximum absolute atomic E-state index is 12.3. The molecule has 0 atom stereocenters. The Hall–Kier alpha value is -2.04. The minimum Gasteiger partial charge on any atom is -0.349 e. The third kappa shape index (κ3) is 4.99. The number of hydrogen-bond donors (Lipinski definition) is 2. The molecular formula is C20H20Cl2N2O2. The monoisotopic (exact) mass is 390 g/mol. The van der Waals surface area contributed by atoms with Gasteiger partial charge in [-0.2, -0.15) is 0 Å². The van der Waals surface area contributed by atoms with Crippen LogP contribution in [0.5, 0.6) is 0 Å². The van der Waals surface area contributed by atoms with Gasteiger partial charge in [0.1, 0.15) is 0 Å². The maximum atomic E-state index is 12.3. The summed E-state index contributed by atoms with van der Waals surface area (Å²) >= 11 is 11.8. The molecule has 4 nitrogen and oxygen atoms in total. The summed E-state index contributed by atoms with van der Waals surface area (Å²) < 4.78 is 0. The molecule has 1 saturated carbocycles. The molecule has 0 aliphatic heterocycles. The van der Waals surface area contributed by atoms with E-state index in [1.807, 2.05) is 0 Å². The molecule has 0 unspecified atom stereocenters. The topological polar surface area (TPSA) is 58.2 Å². The van der Waals surface area contributed by atoms with Crippen LogP contribution >= 0.6 is 23.2 Å². The summed E-state index contributed by atoms with van der Waals surface area (Å²) in [5.74, 6) is -0.384. The van der Waals surface area contributed by atoms with E-state index in [2.05, 4.69) is 10.6 Å².